The van der Waals surface area contributed by atoms with E-state index in [2.05, 4.69) is 29.4 Å². The van der Waals surface area contributed by atoms with Crippen LogP contribution in [-0.2, 0) is 0 Å². The molecule has 2 saturated heterocycles. The number of rotatable bonds is 4. The predicted molar refractivity (Wildman–Crippen MR) is 140 cm³/mol. The minimum Gasteiger partial charge on any atom is -0.371 e. The fourth-order valence-corrected chi connectivity index (χ4v) is 4.93. The van der Waals surface area contributed by atoms with E-state index >= 15 is 0 Å². The maximum Gasteiger partial charge on any atom is 0.323 e. The van der Waals surface area contributed by atoms with Crippen LogP contribution >= 0.6 is 0 Å². The molecule has 0 aliphatic carbocycles. The van der Waals surface area contributed by atoms with E-state index in [0.29, 0.717) is 23.1 Å². The summed E-state index contributed by atoms with van der Waals surface area (Å²) in [7, 11) is 0. The smallest absolute Gasteiger partial charge is 0.323 e. The fraction of sp³-hybridized carbons (Fsp3) is 0.500. The molecule has 0 bridgehead atoms. The summed E-state index contributed by atoms with van der Waals surface area (Å²) >= 11 is 0. The lowest BCUT2D eigenvalue weighted by molar-refractivity contribution is 0.0697. The zero-order chi connectivity index (χ0) is 24.2. The maximum absolute atomic E-state index is 13.6. The number of nitrogens with one attached hydrogen (secondary N) is 2. The third-order valence-corrected chi connectivity index (χ3v) is 7.31. The SMILES string of the molecule is Cc1ccc(NC(=O)Nc2ccc(N3CCC(C)CC3)c(C(=O)N3CCC(C)CC3)c2)c(C)c1. The molecule has 3 amide bonds. The quantitative estimate of drug-likeness (QED) is 0.581. The lowest BCUT2D eigenvalue weighted by Crippen LogP contribution is -2.40. The van der Waals surface area contributed by atoms with Crippen molar-refractivity contribution in [2.75, 3.05) is 41.7 Å². The summed E-state index contributed by atoms with van der Waals surface area (Å²) < 4.78 is 0. The fourth-order valence-electron chi connectivity index (χ4n) is 4.93. The van der Waals surface area contributed by atoms with Gasteiger partial charge in [0.15, 0.2) is 0 Å². The molecule has 0 saturated carbocycles. The number of amides is 3. The summed E-state index contributed by atoms with van der Waals surface area (Å²) in [5.41, 5.74) is 5.25. The lowest BCUT2D eigenvalue weighted by Gasteiger charge is -2.35. The van der Waals surface area contributed by atoms with Gasteiger partial charge in [-0.1, -0.05) is 31.5 Å². The normalized spacial score (nSPS) is 17.5. The highest BCUT2D eigenvalue weighted by molar-refractivity contribution is 6.04. The zero-order valence-electron chi connectivity index (χ0n) is 21.0. The second-order valence-corrected chi connectivity index (χ2v) is 10.3. The van der Waals surface area contributed by atoms with Gasteiger partial charge in [-0.25, -0.2) is 4.79 Å². The summed E-state index contributed by atoms with van der Waals surface area (Å²) in [4.78, 5) is 30.7. The average Bonchev–Trinajstić information content (AvgIpc) is 2.81. The molecule has 2 heterocycles. The topological polar surface area (TPSA) is 64.7 Å². The van der Waals surface area contributed by atoms with Crippen molar-refractivity contribution in [3.8, 4) is 0 Å². The molecule has 2 aromatic carbocycles. The van der Waals surface area contributed by atoms with E-state index in [0.717, 1.165) is 74.4 Å². The van der Waals surface area contributed by atoms with Crippen LogP contribution in [0.1, 0.15) is 61.0 Å². The van der Waals surface area contributed by atoms with Crippen LogP contribution in [-0.4, -0.2) is 43.0 Å². The molecule has 6 nitrogen and oxygen atoms in total. The highest BCUT2D eigenvalue weighted by atomic mass is 16.2. The highest BCUT2D eigenvalue weighted by Crippen LogP contribution is 2.31. The molecule has 34 heavy (non-hydrogen) atoms. The Morgan fingerprint density at radius 2 is 1.47 bits per heavy atom. The molecular weight excluding hydrogens is 424 g/mol. The summed E-state index contributed by atoms with van der Waals surface area (Å²) in [6.07, 6.45) is 4.34. The number of hydrogen-bond donors (Lipinski definition) is 2. The first-order chi connectivity index (χ1) is 16.3. The maximum atomic E-state index is 13.6. The molecule has 2 N–H and O–H groups in total. The Morgan fingerprint density at radius 3 is 2.12 bits per heavy atom. The number of carbonyl (C=O) groups is 2. The van der Waals surface area contributed by atoms with Crippen molar-refractivity contribution in [3.63, 3.8) is 0 Å². The molecule has 0 unspecified atom stereocenters. The van der Waals surface area contributed by atoms with Gasteiger partial charge in [0.2, 0.25) is 0 Å². The van der Waals surface area contributed by atoms with Crippen molar-refractivity contribution in [3.05, 3.63) is 53.1 Å². The number of nitrogens with zero attached hydrogens (tertiary/aromatic N) is 2. The summed E-state index contributed by atoms with van der Waals surface area (Å²) in [6.45, 7) is 12.1. The molecule has 0 spiro atoms. The van der Waals surface area contributed by atoms with Crippen LogP contribution in [0.25, 0.3) is 0 Å². The number of urea groups is 1. The number of hydrogen-bond acceptors (Lipinski definition) is 3. The van der Waals surface area contributed by atoms with Gasteiger partial charge in [0.1, 0.15) is 0 Å². The van der Waals surface area contributed by atoms with Gasteiger partial charge >= 0.3 is 6.03 Å². The second-order valence-electron chi connectivity index (χ2n) is 10.3. The molecule has 0 radical (unpaired) electrons. The molecule has 2 aliphatic heterocycles. The van der Waals surface area contributed by atoms with Crippen LogP contribution in [0.2, 0.25) is 0 Å². The molecule has 0 atom stereocenters. The Morgan fingerprint density at radius 1 is 0.824 bits per heavy atom. The van der Waals surface area contributed by atoms with Gasteiger partial charge in [0.05, 0.1) is 5.56 Å². The van der Waals surface area contributed by atoms with Crippen molar-refractivity contribution >= 4 is 29.0 Å². The van der Waals surface area contributed by atoms with Crippen LogP contribution in [0.4, 0.5) is 21.9 Å². The largest absolute Gasteiger partial charge is 0.371 e. The van der Waals surface area contributed by atoms with E-state index < -0.39 is 0 Å². The molecule has 6 heteroatoms. The van der Waals surface area contributed by atoms with Crippen molar-refractivity contribution in [1.82, 2.24) is 4.90 Å². The summed E-state index contributed by atoms with van der Waals surface area (Å²) in [5.74, 6) is 1.45. The van der Waals surface area contributed by atoms with E-state index in [4.69, 9.17) is 0 Å². The third kappa shape index (κ3) is 5.72. The predicted octanol–water partition coefficient (Wildman–Crippen LogP) is 6.06. The minimum atomic E-state index is -0.309. The Kier molecular flexibility index (Phi) is 7.44. The first-order valence-electron chi connectivity index (χ1n) is 12.6. The number of likely N-dealkylation sites (tertiary alicyclic amines) is 1. The number of benzene rings is 2. The molecular formula is C28H38N4O2. The summed E-state index contributed by atoms with van der Waals surface area (Å²) in [5, 5.41) is 5.87. The van der Waals surface area contributed by atoms with Gasteiger partial charge in [-0.3, -0.25) is 4.79 Å². The van der Waals surface area contributed by atoms with E-state index in [1.165, 1.54) is 0 Å². The van der Waals surface area contributed by atoms with Gasteiger partial charge in [0.25, 0.3) is 5.91 Å². The van der Waals surface area contributed by atoms with Gasteiger partial charge < -0.3 is 20.4 Å². The van der Waals surface area contributed by atoms with E-state index in [1.807, 2.05) is 55.1 Å². The first-order valence-corrected chi connectivity index (χ1v) is 12.6. The Balaban J connectivity index is 1.55. The zero-order valence-corrected chi connectivity index (χ0v) is 21.0. The average molecular weight is 463 g/mol. The Labute approximate surface area is 203 Å². The number of anilines is 3. The van der Waals surface area contributed by atoms with Crippen LogP contribution < -0.4 is 15.5 Å². The van der Waals surface area contributed by atoms with E-state index in [-0.39, 0.29) is 11.9 Å². The first kappa shape index (κ1) is 24.1. The van der Waals surface area contributed by atoms with Gasteiger partial charge in [-0.05, 0) is 81.2 Å². The van der Waals surface area contributed by atoms with Crippen molar-refractivity contribution in [1.29, 1.82) is 0 Å². The Hall–Kier alpha value is -3.02. The Bertz CT molecular complexity index is 1030. The lowest BCUT2D eigenvalue weighted by atomic mass is 9.96. The number of carbonyl (C=O) groups excluding carboxylic acids is 2. The van der Waals surface area contributed by atoms with E-state index in [9.17, 15) is 9.59 Å². The molecule has 182 valence electrons. The van der Waals surface area contributed by atoms with Crippen LogP contribution in [0.3, 0.4) is 0 Å². The minimum absolute atomic E-state index is 0.0685. The van der Waals surface area contributed by atoms with E-state index in [1.54, 1.807) is 0 Å². The molecule has 2 aliphatic rings. The van der Waals surface area contributed by atoms with Crippen molar-refractivity contribution in [2.45, 2.75) is 53.4 Å². The molecule has 2 aromatic rings. The van der Waals surface area contributed by atoms with Crippen molar-refractivity contribution in [2.24, 2.45) is 11.8 Å². The highest BCUT2D eigenvalue weighted by Gasteiger charge is 2.27. The molecule has 0 aromatic heterocycles. The van der Waals surface area contributed by atoms with Crippen LogP contribution in [0.15, 0.2) is 36.4 Å². The molecule has 4 rings (SSSR count). The summed E-state index contributed by atoms with van der Waals surface area (Å²) in [6, 6.07) is 11.4. The van der Waals surface area contributed by atoms with Crippen LogP contribution in [0.5, 0.6) is 0 Å². The number of aryl methyl sites for hydroxylation is 2. The van der Waals surface area contributed by atoms with Gasteiger partial charge in [-0.2, -0.15) is 0 Å². The monoisotopic (exact) mass is 462 g/mol. The third-order valence-electron chi connectivity index (χ3n) is 7.31. The number of piperidine rings is 2. The second kappa shape index (κ2) is 10.5. The van der Waals surface area contributed by atoms with Crippen LogP contribution in [0, 0.1) is 25.7 Å². The molecule has 2 fully saturated rings. The van der Waals surface area contributed by atoms with Gasteiger partial charge in [0, 0.05) is 43.2 Å². The standard InChI is InChI=1S/C28H38N4O2/c1-19-9-13-31(14-10-19)26-8-6-23(18-24(26)27(33)32-15-11-20(2)12-16-32)29-28(34)30-25-7-5-21(3)17-22(25)4/h5-8,17-20H,9-16H2,1-4H3,(H2,29,30,34). The van der Waals surface area contributed by atoms with Gasteiger partial charge in [-0.15, -0.1) is 0 Å². The van der Waals surface area contributed by atoms with Crippen molar-refractivity contribution < 1.29 is 9.59 Å².